The zero-order chi connectivity index (χ0) is 11.3. The fourth-order valence-corrected chi connectivity index (χ4v) is 1.24. The molecule has 4 N–H and O–H groups in total. The van der Waals surface area contributed by atoms with Crippen molar-refractivity contribution in [1.29, 1.82) is 0 Å². The molecule has 5 nitrogen and oxygen atoms in total. The highest BCUT2D eigenvalue weighted by atomic mass is 16.4. The first-order valence-electron chi connectivity index (χ1n) is 4.56. The molecule has 0 radical (unpaired) electrons. The van der Waals surface area contributed by atoms with E-state index in [1.807, 2.05) is 0 Å². The van der Waals surface area contributed by atoms with Crippen molar-refractivity contribution in [2.45, 2.75) is 12.5 Å². The van der Waals surface area contributed by atoms with Gasteiger partial charge in [0.25, 0.3) is 0 Å². The van der Waals surface area contributed by atoms with Crippen molar-refractivity contribution in [3.05, 3.63) is 29.8 Å². The van der Waals surface area contributed by atoms with Crippen molar-refractivity contribution in [2.75, 3.05) is 7.05 Å². The SMILES string of the molecule is CNN[C@H](Cc1ccc(O)cc1)C(=O)O. The number of hydrazine groups is 1. The molecule has 5 heteroatoms. The average Bonchev–Trinajstić information content (AvgIpc) is 2.20. The number of carbonyl (C=O) groups is 1. The van der Waals surface area contributed by atoms with Gasteiger partial charge in [-0.2, -0.15) is 0 Å². The van der Waals surface area contributed by atoms with E-state index in [2.05, 4.69) is 10.9 Å². The maximum Gasteiger partial charge on any atom is 0.322 e. The van der Waals surface area contributed by atoms with Gasteiger partial charge in [-0.05, 0) is 31.2 Å². The van der Waals surface area contributed by atoms with Crippen LogP contribution in [0.25, 0.3) is 0 Å². The topological polar surface area (TPSA) is 81.6 Å². The Bertz CT molecular complexity index is 324. The first kappa shape index (κ1) is 11.5. The number of phenols is 1. The number of hydrogen-bond acceptors (Lipinski definition) is 4. The molecule has 1 rings (SSSR count). The van der Waals surface area contributed by atoms with Crippen molar-refractivity contribution in [2.24, 2.45) is 0 Å². The second-order valence-electron chi connectivity index (χ2n) is 3.16. The number of aromatic hydroxyl groups is 1. The number of rotatable bonds is 5. The van der Waals surface area contributed by atoms with Crippen molar-refractivity contribution in [3.63, 3.8) is 0 Å². The lowest BCUT2D eigenvalue weighted by molar-refractivity contribution is -0.139. The third-order valence-corrected chi connectivity index (χ3v) is 1.99. The van der Waals surface area contributed by atoms with Gasteiger partial charge in [0.05, 0.1) is 0 Å². The van der Waals surface area contributed by atoms with Crippen LogP contribution in [0.5, 0.6) is 5.75 Å². The number of nitrogens with one attached hydrogen (secondary N) is 2. The molecule has 0 heterocycles. The molecule has 0 spiro atoms. The second-order valence-corrected chi connectivity index (χ2v) is 3.16. The lowest BCUT2D eigenvalue weighted by Gasteiger charge is -2.13. The lowest BCUT2D eigenvalue weighted by Crippen LogP contribution is -2.44. The fourth-order valence-electron chi connectivity index (χ4n) is 1.24. The molecule has 0 unspecified atom stereocenters. The normalized spacial score (nSPS) is 12.3. The molecule has 82 valence electrons. The van der Waals surface area contributed by atoms with E-state index >= 15 is 0 Å². The van der Waals surface area contributed by atoms with Crippen LogP contribution in [0.4, 0.5) is 0 Å². The van der Waals surface area contributed by atoms with Gasteiger partial charge >= 0.3 is 5.97 Å². The molecule has 0 aliphatic carbocycles. The molecule has 0 bridgehead atoms. The summed E-state index contributed by atoms with van der Waals surface area (Å²) in [4.78, 5) is 10.8. The van der Waals surface area contributed by atoms with Gasteiger partial charge in [-0.25, -0.2) is 5.43 Å². The summed E-state index contributed by atoms with van der Waals surface area (Å²) in [7, 11) is 1.62. The van der Waals surface area contributed by atoms with E-state index in [1.54, 1.807) is 19.2 Å². The number of carboxylic acid groups (broad SMARTS) is 1. The quantitative estimate of drug-likeness (QED) is 0.519. The summed E-state index contributed by atoms with van der Waals surface area (Å²) >= 11 is 0. The molecule has 0 fully saturated rings. The van der Waals surface area contributed by atoms with Crippen LogP contribution in [0.2, 0.25) is 0 Å². The van der Waals surface area contributed by atoms with Crippen LogP contribution < -0.4 is 10.9 Å². The molecule has 1 atom stereocenters. The summed E-state index contributed by atoms with van der Waals surface area (Å²) in [5.74, 6) is -0.746. The summed E-state index contributed by atoms with van der Waals surface area (Å²) in [6.45, 7) is 0. The van der Waals surface area contributed by atoms with Gasteiger partial charge in [-0.1, -0.05) is 12.1 Å². The predicted octanol–water partition coefficient (Wildman–Crippen LogP) is 0.112. The van der Waals surface area contributed by atoms with E-state index < -0.39 is 12.0 Å². The molecule has 0 saturated heterocycles. The summed E-state index contributed by atoms with van der Waals surface area (Å²) in [6.07, 6.45) is 0.358. The second kappa shape index (κ2) is 5.33. The minimum Gasteiger partial charge on any atom is -0.508 e. The molecule has 1 aromatic carbocycles. The highest BCUT2D eigenvalue weighted by Crippen LogP contribution is 2.11. The van der Waals surface area contributed by atoms with E-state index in [-0.39, 0.29) is 5.75 Å². The minimum absolute atomic E-state index is 0.173. The molecule has 15 heavy (non-hydrogen) atoms. The van der Waals surface area contributed by atoms with Crippen LogP contribution in [0, 0.1) is 0 Å². The fraction of sp³-hybridized carbons (Fsp3) is 0.300. The van der Waals surface area contributed by atoms with Crippen LogP contribution in [-0.4, -0.2) is 29.3 Å². The summed E-state index contributed by atoms with van der Waals surface area (Å²) in [5, 5.41) is 17.9. The van der Waals surface area contributed by atoms with Crippen molar-refractivity contribution >= 4 is 5.97 Å². The Morgan fingerprint density at radius 1 is 1.40 bits per heavy atom. The Balaban J connectivity index is 2.65. The Morgan fingerprint density at radius 2 is 2.00 bits per heavy atom. The lowest BCUT2D eigenvalue weighted by atomic mass is 10.1. The Kier molecular flexibility index (Phi) is 4.08. The molecule has 0 saturated carbocycles. The summed E-state index contributed by atoms with van der Waals surface area (Å²) in [5.41, 5.74) is 6.08. The van der Waals surface area contributed by atoms with Crippen LogP contribution in [0.1, 0.15) is 5.56 Å². The van der Waals surface area contributed by atoms with E-state index in [0.717, 1.165) is 5.56 Å². The van der Waals surface area contributed by atoms with Crippen LogP contribution in [0.3, 0.4) is 0 Å². The maximum atomic E-state index is 10.8. The van der Waals surface area contributed by atoms with Gasteiger partial charge < -0.3 is 10.2 Å². The highest BCUT2D eigenvalue weighted by molar-refractivity contribution is 5.73. The summed E-state index contributed by atoms with van der Waals surface area (Å²) < 4.78 is 0. The van der Waals surface area contributed by atoms with Gasteiger partial charge in [0.2, 0.25) is 0 Å². The molecule has 0 aromatic heterocycles. The number of benzene rings is 1. The van der Waals surface area contributed by atoms with Gasteiger partial charge in [0.15, 0.2) is 0 Å². The van der Waals surface area contributed by atoms with Gasteiger partial charge in [-0.15, -0.1) is 0 Å². The van der Waals surface area contributed by atoms with Crippen LogP contribution in [-0.2, 0) is 11.2 Å². The molecule has 0 aliphatic rings. The zero-order valence-electron chi connectivity index (χ0n) is 8.40. The monoisotopic (exact) mass is 210 g/mol. The number of hydrogen-bond donors (Lipinski definition) is 4. The standard InChI is InChI=1S/C10H14N2O3/c1-11-12-9(10(14)15)6-7-2-4-8(13)5-3-7/h2-5,9,11-13H,6H2,1H3,(H,14,15)/t9-/m1/s1. The van der Waals surface area contributed by atoms with Crippen LogP contribution >= 0.6 is 0 Å². The Labute approximate surface area is 87.7 Å². The van der Waals surface area contributed by atoms with Crippen LogP contribution in [0.15, 0.2) is 24.3 Å². The van der Waals surface area contributed by atoms with Gasteiger partial charge in [-0.3, -0.25) is 10.2 Å². The highest BCUT2D eigenvalue weighted by Gasteiger charge is 2.16. The zero-order valence-corrected chi connectivity index (χ0v) is 8.40. The third kappa shape index (κ3) is 3.57. The Hall–Kier alpha value is -1.59. The maximum absolute atomic E-state index is 10.8. The van der Waals surface area contributed by atoms with Gasteiger partial charge in [0.1, 0.15) is 11.8 Å². The predicted molar refractivity (Wildman–Crippen MR) is 55.4 cm³/mol. The Morgan fingerprint density at radius 3 is 2.47 bits per heavy atom. The number of aliphatic carboxylic acids is 1. The molecule has 0 amide bonds. The van der Waals surface area contributed by atoms with Gasteiger partial charge in [0, 0.05) is 0 Å². The third-order valence-electron chi connectivity index (χ3n) is 1.99. The number of carboxylic acids is 1. The van der Waals surface area contributed by atoms with E-state index in [4.69, 9.17) is 10.2 Å². The molecule has 1 aromatic rings. The smallest absolute Gasteiger partial charge is 0.322 e. The molecule has 0 aliphatic heterocycles. The first-order valence-corrected chi connectivity index (χ1v) is 4.56. The molecular weight excluding hydrogens is 196 g/mol. The largest absolute Gasteiger partial charge is 0.508 e. The van der Waals surface area contributed by atoms with E-state index in [1.165, 1.54) is 12.1 Å². The summed E-state index contributed by atoms with van der Waals surface area (Å²) in [6, 6.07) is 5.78. The minimum atomic E-state index is -0.919. The average molecular weight is 210 g/mol. The first-order chi connectivity index (χ1) is 7.13. The van der Waals surface area contributed by atoms with Crippen molar-refractivity contribution < 1.29 is 15.0 Å². The van der Waals surface area contributed by atoms with Crippen molar-refractivity contribution in [1.82, 2.24) is 10.9 Å². The number of phenolic OH excluding ortho intramolecular Hbond substituents is 1. The van der Waals surface area contributed by atoms with E-state index in [0.29, 0.717) is 6.42 Å². The van der Waals surface area contributed by atoms with Crippen molar-refractivity contribution in [3.8, 4) is 5.75 Å². The molecular formula is C10H14N2O3. The van der Waals surface area contributed by atoms with E-state index in [9.17, 15) is 4.79 Å².